The summed E-state index contributed by atoms with van der Waals surface area (Å²) in [4.78, 5) is 0. The summed E-state index contributed by atoms with van der Waals surface area (Å²) in [6.07, 6.45) is 4.96. The molecule has 0 fully saturated rings. The number of aryl methyl sites for hydroxylation is 1. The molecule has 0 radical (unpaired) electrons. The predicted octanol–water partition coefficient (Wildman–Crippen LogP) is 5.33. The van der Waals surface area contributed by atoms with Gasteiger partial charge in [0.25, 0.3) is 0 Å². The van der Waals surface area contributed by atoms with Crippen molar-refractivity contribution in [3.8, 4) is 0 Å². The number of rotatable bonds is 9. The van der Waals surface area contributed by atoms with Gasteiger partial charge in [0.05, 0.1) is 0 Å². The third kappa shape index (κ3) is 6.65. The Morgan fingerprint density at radius 3 is 2.14 bits per heavy atom. The Kier molecular flexibility index (Phi) is 7.45. The molecule has 120 valence electrons. The Labute approximate surface area is 132 Å². The molecule has 0 heterocycles. The fraction of sp³-hybridized carbons (Fsp3) is 0.700. The highest BCUT2D eigenvalue weighted by molar-refractivity contribution is 5.28. The van der Waals surface area contributed by atoms with Crippen LogP contribution in [-0.2, 0) is 11.8 Å². The number of hydrogen-bond acceptors (Lipinski definition) is 1. The highest BCUT2D eigenvalue weighted by Gasteiger charge is 2.17. The van der Waals surface area contributed by atoms with Crippen molar-refractivity contribution >= 4 is 0 Å². The molecule has 21 heavy (non-hydrogen) atoms. The lowest BCUT2D eigenvalue weighted by Crippen LogP contribution is -2.25. The molecule has 1 unspecified atom stereocenters. The molecule has 0 aliphatic carbocycles. The van der Waals surface area contributed by atoms with E-state index >= 15 is 0 Å². The van der Waals surface area contributed by atoms with Crippen LogP contribution in [-0.4, -0.2) is 12.6 Å². The van der Waals surface area contributed by atoms with E-state index in [9.17, 15) is 0 Å². The van der Waals surface area contributed by atoms with Gasteiger partial charge in [-0.05, 0) is 54.7 Å². The highest BCUT2D eigenvalue weighted by atomic mass is 14.9. The van der Waals surface area contributed by atoms with Crippen LogP contribution in [0, 0.1) is 5.92 Å². The minimum Gasteiger partial charge on any atom is -0.315 e. The molecule has 0 amide bonds. The second kappa shape index (κ2) is 8.58. The Bertz CT molecular complexity index is 389. The smallest absolute Gasteiger partial charge is 0.00103 e. The van der Waals surface area contributed by atoms with Crippen molar-refractivity contribution in [1.82, 2.24) is 5.32 Å². The summed E-state index contributed by atoms with van der Waals surface area (Å²) in [5.74, 6) is 0.794. The van der Waals surface area contributed by atoms with Crippen molar-refractivity contribution in [1.29, 1.82) is 0 Å². The van der Waals surface area contributed by atoms with Crippen LogP contribution in [0.15, 0.2) is 24.3 Å². The fourth-order valence-corrected chi connectivity index (χ4v) is 2.50. The van der Waals surface area contributed by atoms with Gasteiger partial charge in [0.2, 0.25) is 0 Å². The summed E-state index contributed by atoms with van der Waals surface area (Å²) >= 11 is 0. The highest BCUT2D eigenvalue weighted by Crippen LogP contribution is 2.27. The summed E-state index contributed by atoms with van der Waals surface area (Å²) in [5, 5.41) is 3.51. The molecule has 0 aliphatic rings. The maximum absolute atomic E-state index is 3.51. The monoisotopic (exact) mass is 289 g/mol. The number of hydrogen-bond donors (Lipinski definition) is 1. The fourth-order valence-electron chi connectivity index (χ4n) is 2.50. The molecule has 1 heteroatoms. The molecule has 1 aromatic rings. The first-order valence-electron chi connectivity index (χ1n) is 8.68. The largest absolute Gasteiger partial charge is 0.315 e. The Morgan fingerprint density at radius 2 is 1.62 bits per heavy atom. The molecule has 1 rings (SSSR count). The lowest BCUT2D eigenvalue weighted by molar-refractivity contribution is 0.453. The van der Waals surface area contributed by atoms with Gasteiger partial charge in [-0.1, -0.05) is 65.8 Å². The van der Waals surface area contributed by atoms with Gasteiger partial charge in [-0.15, -0.1) is 0 Å². The minimum absolute atomic E-state index is 0.300. The zero-order chi connectivity index (χ0) is 15.9. The van der Waals surface area contributed by atoms with Crippen molar-refractivity contribution in [2.75, 3.05) is 6.54 Å². The van der Waals surface area contributed by atoms with Crippen LogP contribution in [0.3, 0.4) is 0 Å². The molecule has 0 bridgehead atoms. The quantitative estimate of drug-likeness (QED) is 0.648. The third-order valence-electron chi connectivity index (χ3n) is 4.73. The van der Waals surface area contributed by atoms with E-state index < -0.39 is 0 Å². The van der Waals surface area contributed by atoms with Crippen LogP contribution in [0.4, 0.5) is 0 Å². The van der Waals surface area contributed by atoms with Crippen LogP contribution in [0.25, 0.3) is 0 Å². The zero-order valence-corrected chi connectivity index (χ0v) is 15.0. The molecular formula is C20H35N. The van der Waals surface area contributed by atoms with E-state index in [-0.39, 0.29) is 0 Å². The van der Waals surface area contributed by atoms with E-state index in [1.165, 1.54) is 36.8 Å². The van der Waals surface area contributed by atoms with Crippen molar-refractivity contribution in [3.05, 3.63) is 35.4 Å². The molecule has 0 spiro atoms. The van der Waals surface area contributed by atoms with Gasteiger partial charge in [-0.25, -0.2) is 0 Å². The van der Waals surface area contributed by atoms with Gasteiger partial charge in [-0.3, -0.25) is 0 Å². The normalized spacial score (nSPS) is 13.7. The molecular weight excluding hydrogens is 254 g/mol. The predicted molar refractivity (Wildman–Crippen MR) is 95.0 cm³/mol. The van der Waals surface area contributed by atoms with Gasteiger partial charge < -0.3 is 5.32 Å². The molecule has 0 aliphatic heterocycles. The van der Waals surface area contributed by atoms with E-state index in [1.807, 2.05) is 0 Å². The average Bonchev–Trinajstić information content (AvgIpc) is 2.45. The van der Waals surface area contributed by atoms with Crippen LogP contribution in [0.2, 0.25) is 0 Å². The zero-order valence-electron chi connectivity index (χ0n) is 15.0. The van der Waals surface area contributed by atoms with Crippen molar-refractivity contribution in [2.45, 2.75) is 78.7 Å². The van der Waals surface area contributed by atoms with E-state index in [2.05, 4.69) is 71.1 Å². The summed E-state index contributed by atoms with van der Waals surface area (Å²) in [6.45, 7) is 14.9. The maximum atomic E-state index is 3.51. The summed E-state index contributed by atoms with van der Waals surface area (Å²) < 4.78 is 0. The van der Waals surface area contributed by atoms with Gasteiger partial charge in [0.1, 0.15) is 0 Å². The Morgan fingerprint density at radius 1 is 1.00 bits per heavy atom. The van der Waals surface area contributed by atoms with Crippen LogP contribution >= 0.6 is 0 Å². The second-order valence-electron chi connectivity index (χ2n) is 7.48. The summed E-state index contributed by atoms with van der Waals surface area (Å²) in [7, 11) is 0. The van der Waals surface area contributed by atoms with Crippen molar-refractivity contribution in [2.24, 2.45) is 5.92 Å². The molecule has 1 atom stereocenters. The summed E-state index contributed by atoms with van der Waals surface area (Å²) in [6, 6.07) is 9.90. The lowest BCUT2D eigenvalue weighted by atomic mass is 9.82. The molecule has 1 N–H and O–H groups in total. The molecule has 0 saturated heterocycles. The van der Waals surface area contributed by atoms with Crippen molar-refractivity contribution in [3.63, 3.8) is 0 Å². The minimum atomic E-state index is 0.300. The SMILES string of the molecule is CCC(C)(C)c1ccc(CCC(C)CCNC(C)C)cc1. The second-order valence-corrected chi connectivity index (χ2v) is 7.48. The molecule has 0 aromatic heterocycles. The Balaban J connectivity index is 2.39. The Hall–Kier alpha value is -0.820. The van der Waals surface area contributed by atoms with Crippen molar-refractivity contribution < 1.29 is 0 Å². The number of benzene rings is 1. The number of nitrogens with one attached hydrogen (secondary N) is 1. The molecule has 1 nitrogen and oxygen atoms in total. The maximum Gasteiger partial charge on any atom is 0.00103 e. The van der Waals surface area contributed by atoms with E-state index in [1.54, 1.807) is 0 Å². The first kappa shape index (κ1) is 18.2. The lowest BCUT2D eigenvalue weighted by Gasteiger charge is -2.23. The van der Waals surface area contributed by atoms with Gasteiger partial charge >= 0.3 is 0 Å². The van der Waals surface area contributed by atoms with Gasteiger partial charge in [-0.2, -0.15) is 0 Å². The third-order valence-corrected chi connectivity index (χ3v) is 4.73. The topological polar surface area (TPSA) is 12.0 Å². The first-order valence-corrected chi connectivity index (χ1v) is 8.68. The van der Waals surface area contributed by atoms with E-state index in [0.717, 1.165) is 12.5 Å². The van der Waals surface area contributed by atoms with E-state index in [0.29, 0.717) is 11.5 Å². The standard InChI is InChI=1S/C20H35N/c1-7-20(5,6)19-12-10-18(11-13-19)9-8-17(4)14-15-21-16(2)3/h10-13,16-17,21H,7-9,14-15H2,1-6H3. The average molecular weight is 290 g/mol. The van der Waals surface area contributed by atoms with Crippen LogP contribution < -0.4 is 5.32 Å². The van der Waals surface area contributed by atoms with E-state index in [4.69, 9.17) is 0 Å². The van der Waals surface area contributed by atoms with Crippen LogP contribution in [0.5, 0.6) is 0 Å². The van der Waals surface area contributed by atoms with Gasteiger partial charge in [0, 0.05) is 6.04 Å². The molecule has 0 saturated carbocycles. The van der Waals surface area contributed by atoms with Crippen LogP contribution in [0.1, 0.15) is 71.9 Å². The van der Waals surface area contributed by atoms with Gasteiger partial charge in [0.15, 0.2) is 0 Å². The summed E-state index contributed by atoms with van der Waals surface area (Å²) in [5.41, 5.74) is 3.24. The first-order chi connectivity index (χ1) is 9.85. The molecule has 1 aromatic carbocycles.